The van der Waals surface area contributed by atoms with Gasteiger partial charge < -0.3 is 14.3 Å². The van der Waals surface area contributed by atoms with Crippen LogP contribution in [-0.4, -0.2) is 45.7 Å². The van der Waals surface area contributed by atoms with Crippen LogP contribution in [0.15, 0.2) is 39.7 Å². The molecule has 2 heterocycles. The minimum absolute atomic E-state index is 0.0309. The minimum atomic E-state index is -1.14. The maximum Gasteiger partial charge on any atom is 0.337 e. The summed E-state index contributed by atoms with van der Waals surface area (Å²) in [5, 5.41) is 8.54. The van der Waals surface area contributed by atoms with Gasteiger partial charge in [0.15, 0.2) is 0 Å². The lowest BCUT2D eigenvalue weighted by molar-refractivity contribution is -0.150. The first-order valence-corrected chi connectivity index (χ1v) is 9.99. The molecule has 0 bridgehead atoms. The number of carbonyl (C=O) groups excluding carboxylic acids is 3. The summed E-state index contributed by atoms with van der Waals surface area (Å²) in [6, 6.07) is 6.56. The van der Waals surface area contributed by atoms with Crippen molar-refractivity contribution in [1.29, 1.82) is 0 Å². The molecule has 30 heavy (non-hydrogen) atoms. The van der Waals surface area contributed by atoms with Gasteiger partial charge in [-0.3, -0.25) is 14.5 Å². The molecule has 156 valence electrons. The van der Waals surface area contributed by atoms with Crippen LogP contribution in [-0.2, 0) is 14.3 Å². The van der Waals surface area contributed by atoms with Gasteiger partial charge in [0.25, 0.3) is 11.1 Å². The number of hydrogen-bond donors (Lipinski definition) is 1. The van der Waals surface area contributed by atoms with Crippen molar-refractivity contribution in [3.63, 3.8) is 0 Å². The lowest BCUT2D eigenvalue weighted by Gasteiger charge is -2.19. The lowest BCUT2D eigenvalue weighted by atomic mass is 10.1. The van der Waals surface area contributed by atoms with E-state index in [0.29, 0.717) is 28.8 Å². The van der Waals surface area contributed by atoms with Gasteiger partial charge >= 0.3 is 11.9 Å². The molecular formula is C20H16ClNO7S. The summed E-state index contributed by atoms with van der Waals surface area (Å²) in [6.07, 6.45) is 1.40. The van der Waals surface area contributed by atoms with Crippen LogP contribution in [0.25, 0.3) is 17.4 Å². The van der Waals surface area contributed by atoms with Gasteiger partial charge in [-0.25, -0.2) is 9.59 Å². The average Bonchev–Trinajstić information content (AvgIpc) is 3.26. The van der Waals surface area contributed by atoms with Gasteiger partial charge in [-0.15, -0.1) is 0 Å². The number of carbonyl (C=O) groups is 4. The number of imide groups is 1. The van der Waals surface area contributed by atoms with E-state index in [0.717, 1.165) is 4.90 Å². The Hall–Kier alpha value is -3.04. The van der Waals surface area contributed by atoms with Gasteiger partial charge in [-0.05, 0) is 49.9 Å². The molecule has 1 fully saturated rings. The van der Waals surface area contributed by atoms with E-state index < -0.39 is 29.1 Å². The summed E-state index contributed by atoms with van der Waals surface area (Å²) in [7, 11) is 0. The molecule has 2 aromatic rings. The second-order valence-electron chi connectivity index (χ2n) is 6.18. The van der Waals surface area contributed by atoms with Gasteiger partial charge in [-0.1, -0.05) is 17.7 Å². The first-order chi connectivity index (χ1) is 14.2. The molecule has 0 radical (unpaired) electrons. The number of esters is 1. The normalized spacial score (nSPS) is 16.2. The molecule has 1 N–H and O–H groups in total. The topological polar surface area (TPSA) is 114 Å². The number of ether oxygens (including phenoxy) is 1. The fourth-order valence-electron chi connectivity index (χ4n) is 2.74. The molecule has 1 aromatic carbocycles. The van der Waals surface area contributed by atoms with Crippen molar-refractivity contribution < 1.29 is 33.4 Å². The van der Waals surface area contributed by atoms with Crippen LogP contribution in [0.4, 0.5) is 4.79 Å². The summed E-state index contributed by atoms with van der Waals surface area (Å²) in [6.45, 7) is 3.20. The number of carboxylic acid groups (broad SMARTS) is 1. The zero-order valence-corrected chi connectivity index (χ0v) is 17.5. The highest BCUT2D eigenvalue weighted by molar-refractivity contribution is 8.18. The number of benzene rings is 1. The zero-order valence-electron chi connectivity index (χ0n) is 15.9. The summed E-state index contributed by atoms with van der Waals surface area (Å²) in [4.78, 5) is 48.7. The molecule has 2 amide bonds. The van der Waals surface area contributed by atoms with Crippen LogP contribution in [0.3, 0.4) is 0 Å². The molecule has 0 saturated carbocycles. The van der Waals surface area contributed by atoms with Gasteiger partial charge in [-0.2, -0.15) is 0 Å². The van der Waals surface area contributed by atoms with E-state index in [2.05, 4.69) is 0 Å². The quantitative estimate of drug-likeness (QED) is 0.513. The second kappa shape index (κ2) is 8.76. The van der Waals surface area contributed by atoms with E-state index in [1.54, 1.807) is 25.1 Å². The molecule has 8 nitrogen and oxygen atoms in total. The van der Waals surface area contributed by atoms with Crippen LogP contribution in [0.1, 0.15) is 30.0 Å². The van der Waals surface area contributed by atoms with Crippen molar-refractivity contribution in [2.45, 2.75) is 19.9 Å². The lowest BCUT2D eigenvalue weighted by Crippen LogP contribution is -2.42. The number of carboxylic acids is 1. The van der Waals surface area contributed by atoms with Gasteiger partial charge in [0.05, 0.1) is 22.1 Å². The van der Waals surface area contributed by atoms with Crippen LogP contribution >= 0.6 is 23.4 Å². The molecule has 1 aliphatic rings. The maximum absolute atomic E-state index is 12.6. The van der Waals surface area contributed by atoms with Crippen molar-refractivity contribution >= 4 is 52.5 Å². The highest BCUT2D eigenvalue weighted by Gasteiger charge is 2.41. The Morgan fingerprint density at radius 2 is 2.03 bits per heavy atom. The number of amides is 2. The van der Waals surface area contributed by atoms with Crippen LogP contribution in [0, 0.1) is 0 Å². The van der Waals surface area contributed by atoms with E-state index in [-0.39, 0.29) is 22.1 Å². The minimum Gasteiger partial charge on any atom is -0.478 e. The molecule has 1 saturated heterocycles. The molecular weight excluding hydrogens is 434 g/mol. The fourth-order valence-corrected chi connectivity index (χ4v) is 3.89. The maximum atomic E-state index is 12.6. The first-order valence-electron chi connectivity index (χ1n) is 8.79. The SMILES string of the molecule is CCOC(=O)[C@H](C)N1C(=O)S/C(=C\c2ccc(-c3ccc(C(=O)O)c(Cl)c3)o2)C1=O. The zero-order chi connectivity index (χ0) is 22.0. The van der Waals surface area contributed by atoms with Crippen molar-refractivity contribution in [3.8, 4) is 11.3 Å². The van der Waals surface area contributed by atoms with E-state index in [1.807, 2.05) is 0 Å². The summed E-state index contributed by atoms with van der Waals surface area (Å²) >= 11 is 6.68. The monoisotopic (exact) mass is 449 g/mol. The standard InChI is InChI=1S/C20H16ClNO7S/c1-3-28-19(26)10(2)22-17(23)16(30-20(22)27)9-12-5-7-15(29-12)11-4-6-13(18(24)25)14(21)8-11/h4-10H,3H2,1-2H3,(H,24,25)/b16-9-/t10-/m0/s1. The third kappa shape index (κ3) is 4.27. The average molecular weight is 450 g/mol. The van der Waals surface area contributed by atoms with Crippen molar-refractivity contribution in [1.82, 2.24) is 4.90 Å². The Balaban J connectivity index is 1.82. The number of aromatic carboxylic acids is 1. The number of hydrogen-bond acceptors (Lipinski definition) is 7. The van der Waals surface area contributed by atoms with Gasteiger partial charge in [0.2, 0.25) is 0 Å². The summed E-state index contributed by atoms with van der Waals surface area (Å²) in [5.41, 5.74) is 0.519. The second-order valence-corrected chi connectivity index (χ2v) is 7.58. The Morgan fingerprint density at radius 1 is 1.30 bits per heavy atom. The Bertz CT molecular complexity index is 1070. The largest absolute Gasteiger partial charge is 0.478 e. The van der Waals surface area contributed by atoms with Crippen molar-refractivity contribution in [3.05, 3.63) is 51.6 Å². The van der Waals surface area contributed by atoms with Crippen molar-refractivity contribution in [2.75, 3.05) is 6.61 Å². The third-order valence-electron chi connectivity index (χ3n) is 4.22. The third-order valence-corrected chi connectivity index (χ3v) is 5.42. The summed E-state index contributed by atoms with van der Waals surface area (Å²) in [5.74, 6) is -1.71. The van der Waals surface area contributed by atoms with Crippen LogP contribution in [0.2, 0.25) is 5.02 Å². The Morgan fingerprint density at radius 3 is 2.67 bits per heavy atom. The van der Waals surface area contributed by atoms with Crippen LogP contribution < -0.4 is 0 Å². The number of furan rings is 1. The number of halogens is 1. The molecule has 3 rings (SSSR count). The van der Waals surface area contributed by atoms with Gasteiger partial charge in [0.1, 0.15) is 17.6 Å². The highest BCUT2D eigenvalue weighted by atomic mass is 35.5. The molecule has 10 heteroatoms. The first kappa shape index (κ1) is 21.7. The van der Waals surface area contributed by atoms with Crippen LogP contribution in [0.5, 0.6) is 0 Å². The van der Waals surface area contributed by atoms with Gasteiger partial charge in [0, 0.05) is 11.6 Å². The predicted molar refractivity (Wildman–Crippen MR) is 110 cm³/mol. The van der Waals surface area contributed by atoms with E-state index in [9.17, 15) is 19.2 Å². The van der Waals surface area contributed by atoms with E-state index >= 15 is 0 Å². The summed E-state index contributed by atoms with van der Waals surface area (Å²) < 4.78 is 10.6. The molecule has 1 atom stereocenters. The number of rotatable bonds is 6. The fraction of sp³-hybridized carbons (Fsp3) is 0.200. The molecule has 0 unspecified atom stereocenters. The van der Waals surface area contributed by atoms with E-state index in [4.69, 9.17) is 25.9 Å². The Kier molecular flexibility index (Phi) is 6.33. The molecule has 1 aliphatic heterocycles. The predicted octanol–water partition coefficient (Wildman–Crippen LogP) is 4.29. The molecule has 1 aromatic heterocycles. The smallest absolute Gasteiger partial charge is 0.337 e. The van der Waals surface area contributed by atoms with E-state index in [1.165, 1.54) is 25.1 Å². The number of nitrogens with zero attached hydrogens (tertiary/aromatic N) is 1. The highest BCUT2D eigenvalue weighted by Crippen LogP contribution is 2.35. The van der Waals surface area contributed by atoms with Crippen molar-refractivity contribution in [2.24, 2.45) is 0 Å². The Labute approximate surface area is 180 Å². The molecule has 0 aliphatic carbocycles. The molecule has 0 spiro atoms. The number of thioether (sulfide) groups is 1.